The number of aromatic nitrogens is 3. The van der Waals surface area contributed by atoms with Gasteiger partial charge in [-0.1, -0.05) is 0 Å². The van der Waals surface area contributed by atoms with Gasteiger partial charge in [0.15, 0.2) is 11.6 Å². The molecule has 3 rings (SSSR count). The molecule has 2 aromatic heterocycles. The number of benzene rings is 1. The van der Waals surface area contributed by atoms with Crippen molar-refractivity contribution in [2.75, 3.05) is 12.8 Å². The van der Waals surface area contributed by atoms with Crippen LogP contribution in [0.5, 0.6) is 0 Å². The standard InChI is InChI=1S/C22H16F6N6O3/c1-10(17-15(8-29)18(30)32-34(17)16-4-3-11(9-31-16)20(36)37)33(2)19(35)12-5-13(21(23,24)25)7-14(6-12)22(26,27)28/h3-7,9-10H,1-2H3,(H2,30,32)(H,36,37). The lowest BCUT2D eigenvalue weighted by Crippen LogP contribution is -2.32. The van der Waals surface area contributed by atoms with E-state index in [9.17, 15) is 41.2 Å². The number of rotatable bonds is 5. The number of nitrogens with zero attached hydrogens (tertiary/aromatic N) is 5. The molecule has 0 spiro atoms. The Morgan fingerprint density at radius 3 is 2.08 bits per heavy atom. The molecule has 0 aliphatic carbocycles. The second-order valence-corrected chi connectivity index (χ2v) is 7.77. The van der Waals surface area contributed by atoms with Gasteiger partial charge in [-0.15, -0.1) is 5.10 Å². The minimum absolute atomic E-state index is 0.0145. The highest BCUT2D eigenvalue weighted by Gasteiger charge is 2.38. The van der Waals surface area contributed by atoms with E-state index in [0.717, 1.165) is 22.8 Å². The second kappa shape index (κ2) is 9.45. The fourth-order valence-electron chi connectivity index (χ4n) is 3.40. The fourth-order valence-corrected chi connectivity index (χ4v) is 3.40. The second-order valence-electron chi connectivity index (χ2n) is 7.77. The van der Waals surface area contributed by atoms with E-state index < -0.39 is 47.0 Å². The fraction of sp³-hybridized carbons (Fsp3) is 0.227. The molecule has 1 aromatic carbocycles. The summed E-state index contributed by atoms with van der Waals surface area (Å²) in [6.45, 7) is 1.34. The maximum atomic E-state index is 13.2. The van der Waals surface area contributed by atoms with Crippen LogP contribution in [0.3, 0.4) is 0 Å². The number of carboxylic acid groups (broad SMARTS) is 1. The molecule has 0 aliphatic rings. The molecule has 0 bridgehead atoms. The minimum Gasteiger partial charge on any atom is -0.478 e. The molecule has 37 heavy (non-hydrogen) atoms. The quantitative estimate of drug-likeness (QED) is 0.473. The zero-order valence-electron chi connectivity index (χ0n) is 18.9. The number of carbonyl (C=O) groups excluding carboxylic acids is 1. The van der Waals surface area contributed by atoms with Gasteiger partial charge in [0.25, 0.3) is 5.91 Å². The van der Waals surface area contributed by atoms with Crippen LogP contribution in [0.4, 0.5) is 32.2 Å². The zero-order valence-corrected chi connectivity index (χ0v) is 18.9. The molecular formula is C22H16F6N6O3. The topological polar surface area (TPSA) is 138 Å². The van der Waals surface area contributed by atoms with Crippen molar-refractivity contribution in [1.29, 1.82) is 5.26 Å². The number of nitrogen functional groups attached to an aromatic ring is 1. The van der Waals surface area contributed by atoms with Crippen LogP contribution in [0.1, 0.15) is 56.1 Å². The van der Waals surface area contributed by atoms with Crippen LogP contribution in [-0.4, -0.2) is 43.7 Å². The number of pyridine rings is 1. The van der Waals surface area contributed by atoms with Crippen molar-refractivity contribution in [3.8, 4) is 11.9 Å². The van der Waals surface area contributed by atoms with Gasteiger partial charge >= 0.3 is 18.3 Å². The number of alkyl halides is 6. The number of carboxylic acids is 1. The summed E-state index contributed by atoms with van der Waals surface area (Å²) in [5.74, 6) is -2.80. The van der Waals surface area contributed by atoms with Crippen LogP contribution in [-0.2, 0) is 12.4 Å². The molecule has 1 unspecified atom stereocenters. The smallest absolute Gasteiger partial charge is 0.416 e. The Kier molecular flexibility index (Phi) is 6.89. The van der Waals surface area contributed by atoms with Crippen molar-refractivity contribution in [2.24, 2.45) is 0 Å². The van der Waals surface area contributed by atoms with Crippen LogP contribution in [0.2, 0.25) is 0 Å². The van der Waals surface area contributed by atoms with E-state index in [-0.39, 0.29) is 34.5 Å². The molecule has 3 N–H and O–H groups in total. The van der Waals surface area contributed by atoms with Crippen molar-refractivity contribution in [3.05, 3.63) is 70.0 Å². The average Bonchev–Trinajstić information content (AvgIpc) is 3.17. The number of carbonyl (C=O) groups is 2. The number of halogens is 6. The van der Waals surface area contributed by atoms with Gasteiger partial charge < -0.3 is 15.7 Å². The SMILES string of the molecule is CC(c1c(C#N)c(N)nn1-c1ccc(C(=O)O)cn1)N(C)C(=O)c1cc(C(F)(F)F)cc(C(F)(F)F)c1. The van der Waals surface area contributed by atoms with Crippen molar-refractivity contribution in [2.45, 2.75) is 25.3 Å². The maximum absolute atomic E-state index is 13.2. The molecule has 1 atom stereocenters. The highest BCUT2D eigenvalue weighted by Crippen LogP contribution is 2.37. The molecule has 15 heteroatoms. The molecule has 194 valence electrons. The lowest BCUT2D eigenvalue weighted by atomic mass is 10.0. The Balaban J connectivity index is 2.09. The van der Waals surface area contributed by atoms with Crippen LogP contribution in [0.15, 0.2) is 36.5 Å². The van der Waals surface area contributed by atoms with E-state index in [1.54, 1.807) is 6.07 Å². The molecule has 3 aromatic rings. The van der Waals surface area contributed by atoms with Gasteiger partial charge in [-0.05, 0) is 37.3 Å². The summed E-state index contributed by atoms with van der Waals surface area (Å²) in [6, 6.07) is 3.52. The number of hydrogen-bond acceptors (Lipinski definition) is 6. The zero-order chi connectivity index (χ0) is 27.9. The third-order valence-corrected chi connectivity index (χ3v) is 5.40. The predicted octanol–water partition coefficient (Wildman–Crippen LogP) is 4.29. The summed E-state index contributed by atoms with van der Waals surface area (Å²) in [7, 11) is 1.11. The Labute approximate surface area is 204 Å². The van der Waals surface area contributed by atoms with Crippen molar-refractivity contribution >= 4 is 17.7 Å². The Bertz CT molecular complexity index is 1370. The third kappa shape index (κ3) is 5.32. The molecule has 0 saturated heterocycles. The van der Waals surface area contributed by atoms with Gasteiger partial charge in [-0.2, -0.15) is 31.6 Å². The molecule has 1 amide bonds. The van der Waals surface area contributed by atoms with Crippen LogP contribution in [0.25, 0.3) is 5.82 Å². The summed E-state index contributed by atoms with van der Waals surface area (Å²) in [6.07, 6.45) is -9.32. The average molecular weight is 526 g/mol. The minimum atomic E-state index is -5.16. The van der Waals surface area contributed by atoms with E-state index in [4.69, 9.17) is 10.8 Å². The molecule has 0 saturated carbocycles. The van der Waals surface area contributed by atoms with Crippen molar-refractivity contribution < 1.29 is 41.0 Å². The van der Waals surface area contributed by atoms with E-state index in [1.807, 2.05) is 0 Å². The lowest BCUT2D eigenvalue weighted by Gasteiger charge is -2.26. The summed E-state index contributed by atoms with van der Waals surface area (Å²) in [5.41, 5.74) is 1.12. The van der Waals surface area contributed by atoms with Gasteiger partial charge in [-0.3, -0.25) is 4.79 Å². The van der Waals surface area contributed by atoms with Crippen LogP contribution < -0.4 is 5.73 Å². The first-order valence-electron chi connectivity index (χ1n) is 10.1. The van der Waals surface area contributed by atoms with Crippen LogP contribution in [0, 0.1) is 11.3 Å². The first-order valence-corrected chi connectivity index (χ1v) is 10.1. The largest absolute Gasteiger partial charge is 0.478 e. The number of amides is 1. The highest BCUT2D eigenvalue weighted by atomic mass is 19.4. The summed E-state index contributed by atoms with van der Waals surface area (Å²) in [5, 5.41) is 22.6. The van der Waals surface area contributed by atoms with Crippen LogP contribution >= 0.6 is 0 Å². The number of nitrogens with two attached hydrogens (primary N) is 1. The first kappa shape index (κ1) is 27.0. The van der Waals surface area contributed by atoms with Gasteiger partial charge in [-0.25, -0.2) is 14.5 Å². The van der Waals surface area contributed by atoms with Crippen molar-refractivity contribution in [3.63, 3.8) is 0 Å². The van der Waals surface area contributed by atoms with E-state index in [1.165, 1.54) is 19.1 Å². The Hall–Kier alpha value is -4.61. The Morgan fingerprint density at radius 1 is 1.08 bits per heavy atom. The summed E-state index contributed by atoms with van der Waals surface area (Å²) < 4.78 is 80.5. The molecular weight excluding hydrogens is 510 g/mol. The lowest BCUT2D eigenvalue weighted by molar-refractivity contribution is -0.143. The molecule has 0 aliphatic heterocycles. The summed E-state index contributed by atoms with van der Waals surface area (Å²) in [4.78, 5) is 28.9. The predicted molar refractivity (Wildman–Crippen MR) is 114 cm³/mol. The number of anilines is 1. The molecule has 2 heterocycles. The maximum Gasteiger partial charge on any atom is 0.416 e. The van der Waals surface area contributed by atoms with Gasteiger partial charge in [0.2, 0.25) is 0 Å². The highest BCUT2D eigenvalue weighted by molar-refractivity contribution is 5.95. The van der Waals surface area contributed by atoms with Gasteiger partial charge in [0.1, 0.15) is 11.6 Å². The monoisotopic (exact) mass is 526 g/mol. The molecule has 0 fully saturated rings. The molecule has 9 nitrogen and oxygen atoms in total. The van der Waals surface area contributed by atoms with Gasteiger partial charge in [0.05, 0.1) is 28.4 Å². The third-order valence-electron chi connectivity index (χ3n) is 5.40. The Morgan fingerprint density at radius 2 is 1.65 bits per heavy atom. The van der Waals surface area contributed by atoms with E-state index in [0.29, 0.717) is 12.1 Å². The number of nitriles is 1. The van der Waals surface area contributed by atoms with E-state index in [2.05, 4.69) is 10.1 Å². The van der Waals surface area contributed by atoms with Gasteiger partial charge in [0, 0.05) is 18.8 Å². The normalized spacial score (nSPS) is 12.6. The van der Waals surface area contributed by atoms with Crippen molar-refractivity contribution in [1.82, 2.24) is 19.7 Å². The first-order chi connectivity index (χ1) is 17.1. The van der Waals surface area contributed by atoms with E-state index >= 15 is 0 Å². The summed E-state index contributed by atoms with van der Waals surface area (Å²) >= 11 is 0. The number of aromatic carboxylic acids is 1. The molecule has 0 radical (unpaired) electrons. The number of hydrogen-bond donors (Lipinski definition) is 2.